The zero-order chi connectivity index (χ0) is 24.1. The van der Waals surface area contributed by atoms with E-state index in [-0.39, 0.29) is 18.4 Å². The molecule has 2 aromatic carbocycles. The SMILES string of the molecule is COC(=O)Cn1cc(C(=O)N2CCN(c3cc(OC)cc(OC)c3)CC2)c(-c2ccccc2)c1. The summed E-state index contributed by atoms with van der Waals surface area (Å²) < 4.78 is 17.3. The summed E-state index contributed by atoms with van der Waals surface area (Å²) in [6, 6.07) is 15.5. The van der Waals surface area contributed by atoms with Crippen molar-refractivity contribution in [2.75, 3.05) is 52.4 Å². The molecule has 0 atom stereocenters. The molecule has 0 spiro atoms. The summed E-state index contributed by atoms with van der Waals surface area (Å²) in [7, 11) is 4.62. The van der Waals surface area contributed by atoms with Gasteiger partial charge in [-0.3, -0.25) is 9.59 Å². The Morgan fingerprint density at radius 3 is 2.09 bits per heavy atom. The smallest absolute Gasteiger partial charge is 0.325 e. The minimum absolute atomic E-state index is 0.0506. The molecule has 1 fully saturated rings. The van der Waals surface area contributed by atoms with E-state index < -0.39 is 0 Å². The average Bonchev–Trinajstić information content (AvgIpc) is 3.32. The van der Waals surface area contributed by atoms with E-state index in [2.05, 4.69) is 4.90 Å². The van der Waals surface area contributed by atoms with Crippen molar-refractivity contribution >= 4 is 17.6 Å². The second-order valence-electron chi connectivity index (χ2n) is 8.05. The van der Waals surface area contributed by atoms with Crippen molar-refractivity contribution in [3.05, 3.63) is 66.5 Å². The van der Waals surface area contributed by atoms with Crippen LogP contribution < -0.4 is 14.4 Å². The highest BCUT2D eigenvalue weighted by Gasteiger charge is 2.26. The summed E-state index contributed by atoms with van der Waals surface area (Å²) in [4.78, 5) is 29.4. The molecule has 0 aliphatic carbocycles. The molecule has 3 aromatic rings. The number of esters is 1. The molecule has 8 heteroatoms. The zero-order valence-electron chi connectivity index (χ0n) is 19.7. The number of carbonyl (C=O) groups excluding carboxylic acids is 2. The van der Waals surface area contributed by atoms with Crippen molar-refractivity contribution in [3.63, 3.8) is 0 Å². The summed E-state index contributed by atoms with van der Waals surface area (Å²) in [6.07, 6.45) is 3.57. The molecule has 2 heterocycles. The summed E-state index contributed by atoms with van der Waals surface area (Å²) in [5.74, 6) is 1.04. The fraction of sp³-hybridized carbons (Fsp3) is 0.308. The molecule has 1 saturated heterocycles. The fourth-order valence-electron chi connectivity index (χ4n) is 4.14. The Morgan fingerprint density at radius 1 is 0.853 bits per heavy atom. The normalized spacial score (nSPS) is 13.5. The molecular weight excluding hydrogens is 434 g/mol. The van der Waals surface area contributed by atoms with Gasteiger partial charge in [-0.1, -0.05) is 30.3 Å². The minimum Gasteiger partial charge on any atom is -0.497 e. The van der Waals surface area contributed by atoms with Crippen molar-refractivity contribution in [2.24, 2.45) is 0 Å². The third-order valence-corrected chi connectivity index (χ3v) is 6.00. The van der Waals surface area contributed by atoms with E-state index in [0.717, 1.165) is 28.3 Å². The number of hydrogen-bond acceptors (Lipinski definition) is 6. The van der Waals surface area contributed by atoms with Gasteiger partial charge in [0.05, 0.1) is 26.9 Å². The quantitative estimate of drug-likeness (QED) is 0.501. The number of piperazine rings is 1. The van der Waals surface area contributed by atoms with Gasteiger partial charge >= 0.3 is 5.97 Å². The molecule has 1 aromatic heterocycles. The van der Waals surface area contributed by atoms with Crippen LogP contribution in [-0.4, -0.2) is 68.9 Å². The number of aromatic nitrogens is 1. The molecular formula is C26H29N3O5. The van der Waals surface area contributed by atoms with Gasteiger partial charge in [-0.05, 0) is 5.56 Å². The average molecular weight is 464 g/mol. The lowest BCUT2D eigenvalue weighted by molar-refractivity contribution is -0.141. The molecule has 0 saturated carbocycles. The summed E-state index contributed by atoms with van der Waals surface area (Å²) in [5, 5.41) is 0. The Labute approximate surface area is 199 Å². The molecule has 4 rings (SSSR count). The van der Waals surface area contributed by atoms with Gasteiger partial charge in [-0.25, -0.2) is 0 Å². The van der Waals surface area contributed by atoms with Crippen molar-refractivity contribution in [2.45, 2.75) is 6.54 Å². The highest BCUT2D eigenvalue weighted by Crippen LogP contribution is 2.30. The molecule has 8 nitrogen and oxygen atoms in total. The van der Waals surface area contributed by atoms with Crippen LogP contribution in [0, 0.1) is 0 Å². The highest BCUT2D eigenvalue weighted by atomic mass is 16.5. The summed E-state index contributed by atoms with van der Waals surface area (Å²) in [6.45, 7) is 2.58. The Hall–Kier alpha value is -3.94. The summed E-state index contributed by atoms with van der Waals surface area (Å²) >= 11 is 0. The van der Waals surface area contributed by atoms with Gasteiger partial charge in [0.25, 0.3) is 5.91 Å². The maximum absolute atomic E-state index is 13.5. The number of hydrogen-bond donors (Lipinski definition) is 0. The highest BCUT2D eigenvalue weighted by molar-refractivity contribution is 6.01. The van der Waals surface area contributed by atoms with Gasteiger partial charge in [-0.15, -0.1) is 0 Å². The van der Waals surface area contributed by atoms with Crippen LogP contribution in [0.2, 0.25) is 0 Å². The Balaban J connectivity index is 1.53. The van der Waals surface area contributed by atoms with Gasteiger partial charge in [-0.2, -0.15) is 0 Å². The zero-order valence-corrected chi connectivity index (χ0v) is 19.7. The van der Waals surface area contributed by atoms with Gasteiger partial charge in [0.1, 0.15) is 18.0 Å². The number of carbonyl (C=O) groups is 2. The molecule has 1 amide bonds. The van der Waals surface area contributed by atoms with Crippen molar-refractivity contribution in [3.8, 4) is 22.6 Å². The summed E-state index contributed by atoms with van der Waals surface area (Å²) in [5.41, 5.74) is 3.30. The monoisotopic (exact) mass is 463 g/mol. The topological polar surface area (TPSA) is 73.2 Å². The van der Waals surface area contributed by atoms with Crippen molar-refractivity contribution < 1.29 is 23.8 Å². The van der Waals surface area contributed by atoms with Crippen molar-refractivity contribution in [1.29, 1.82) is 0 Å². The number of rotatable bonds is 7. The molecule has 34 heavy (non-hydrogen) atoms. The van der Waals surface area contributed by atoms with E-state index in [0.29, 0.717) is 31.7 Å². The van der Waals surface area contributed by atoms with Crippen LogP contribution in [0.5, 0.6) is 11.5 Å². The molecule has 0 unspecified atom stereocenters. The van der Waals surface area contributed by atoms with Gasteiger partial charge < -0.3 is 28.6 Å². The molecule has 0 bridgehead atoms. The first-order valence-electron chi connectivity index (χ1n) is 11.1. The first kappa shape index (κ1) is 23.2. The number of anilines is 1. The number of benzene rings is 2. The van der Waals surface area contributed by atoms with Crippen molar-refractivity contribution in [1.82, 2.24) is 9.47 Å². The van der Waals surface area contributed by atoms with Gasteiger partial charge in [0, 0.05) is 68.0 Å². The third kappa shape index (κ3) is 5.01. The van der Waals surface area contributed by atoms with E-state index in [9.17, 15) is 9.59 Å². The van der Waals surface area contributed by atoms with E-state index in [1.165, 1.54) is 7.11 Å². The number of amides is 1. The maximum Gasteiger partial charge on any atom is 0.325 e. The van der Waals surface area contributed by atoms with Crippen LogP contribution in [-0.2, 0) is 16.1 Å². The van der Waals surface area contributed by atoms with E-state index in [1.54, 1.807) is 25.0 Å². The van der Waals surface area contributed by atoms with Gasteiger partial charge in [0.2, 0.25) is 0 Å². The van der Waals surface area contributed by atoms with Crippen LogP contribution >= 0.6 is 0 Å². The standard InChI is InChI=1S/C26H29N3O5/c1-32-21-13-20(14-22(15-21)33-2)28-9-11-29(12-10-28)26(31)24-17-27(18-25(30)34-3)16-23(24)19-7-5-4-6-8-19/h4-8,13-17H,9-12,18H2,1-3H3. The number of nitrogens with zero attached hydrogens (tertiary/aromatic N) is 3. The number of ether oxygens (including phenoxy) is 3. The maximum atomic E-state index is 13.5. The van der Waals surface area contributed by atoms with Crippen LogP contribution in [0.1, 0.15) is 10.4 Å². The Kier molecular flexibility index (Phi) is 7.06. The van der Waals surface area contributed by atoms with Crippen LogP contribution in [0.25, 0.3) is 11.1 Å². The minimum atomic E-state index is -0.365. The lowest BCUT2D eigenvalue weighted by atomic mass is 10.0. The van der Waals surface area contributed by atoms with Crippen LogP contribution in [0.15, 0.2) is 60.9 Å². The Bertz CT molecular complexity index is 1130. The predicted octanol–water partition coefficient (Wildman–Crippen LogP) is 3.31. The second-order valence-corrected chi connectivity index (χ2v) is 8.05. The van der Waals surface area contributed by atoms with E-state index >= 15 is 0 Å². The first-order valence-corrected chi connectivity index (χ1v) is 11.1. The molecule has 178 valence electrons. The second kappa shape index (κ2) is 10.3. The van der Waals surface area contributed by atoms with Crippen LogP contribution in [0.4, 0.5) is 5.69 Å². The predicted molar refractivity (Wildman–Crippen MR) is 130 cm³/mol. The fourth-order valence-corrected chi connectivity index (χ4v) is 4.14. The molecule has 1 aliphatic rings. The van der Waals surface area contributed by atoms with E-state index in [4.69, 9.17) is 14.2 Å². The lowest BCUT2D eigenvalue weighted by Crippen LogP contribution is -2.48. The lowest BCUT2D eigenvalue weighted by Gasteiger charge is -2.36. The largest absolute Gasteiger partial charge is 0.497 e. The molecule has 0 radical (unpaired) electrons. The number of methoxy groups -OCH3 is 3. The third-order valence-electron chi connectivity index (χ3n) is 6.00. The van der Waals surface area contributed by atoms with Gasteiger partial charge in [0.15, 0.2) is 0 Å². The Morgan fingerprint density at radius 2 is 1.50 bits per heavy atom. The van der Waals surface area contributed by atoms with E-state index in [1.807, 2.05) is 59.6 Å². The first-order chi connectivity index (χ1) is 16.5. The van der Waals surface area contributed by atoms with Crippen LogP contribution in [0.3, 0.4) is 0 Å². The molecule has 0 N–H and O–H groups in total. The molecule has 1 aliphatic heterocycles.